The molecule has 2 aromatic rings. The molecule has 0 aliphatic rings. The van der Waals surface area contributed by atoms with Gasteiger partial charge in [-0.3, -0.25) is 4.79 Å². The van der Waals surface area contributed by atoms with Gasteiger partial charge in [0.05, 0.1) is 15.8 Å². The third-order valence-electron chi connectivity index (χ3n) is 3.77. The summed E-state index contributed by atoms with van der Waals surface area (Å²) in [6.07, 6.45) is 0. The third-order valence-corrected chi connectivity index (χ3v) is 5.34. The van der Waals surface area contributed by atoms with Crippen LogP contribution >= 0.6 is 35.0 Å². The molecule has 0 N–H and O–H groups in total. The van der Waals surface area contributed by atoms with Crippen LogP contribution in [0.25, 0.3) is 0 Å². The van der Waals surface area contributed by atoms with Crippen molar-refractivity contribution in [3.63, 3.8) is 0 Å². The smallest absolute Gasteiger partial charge is 0.233 e. The summed E-state index contributed by atoms with van der Waals surface area (Å²) in [7, 11) is 1.76. The highest BCUT2D eigenvalue weighted by Gasteiger charge is 2.13. The van der Waals surface area contributed by atoms with Crippen LogP contribution in [0.4, 0.5) is 0 Å². The van der Waals surface area contributed by atoms with Gasteiger partial charge >= 0.3 is 0 Å². The SMILES string of the molecule is Cc1nc(SCC(=O)N(C)Cc2ccc(Cl)c(Cl)c2)nc(C)c1C. The normalized spacial score (nSPS) is 10.8. The molecule has 0 saturated heterocycles. The number of halogens is 2. The van der Waals surface area contributed by atoms with Crippen molar-refractivity contribution >= 4 is 40.9 Å². The number of hydrogen-bond acceptors (Lipinski definition) is 4. The monoisotopic (exact) mass is 383 g/mol. The first-order valence-corrected chi connectivity index (χ1v) is 9.14. The summed E-state index contributed by atoms with van der Waals surface area (Å²) in [6.45, 7) is 6.37. The molecule has 1 amide bonds. The van der Waals surface area contributed by atoms with E-state index in [-0.39, 0.29) is 5.91 Å². The molecule has 0 unspecified atom stereocenters. The van der Waals surface area contributed by atoms with Crippen LogP contribution in [0.15, 0.2) is 23.4 Å². The van der Waals surface area contributed by atoms with Crippen LogP contribution in [-0.4, -0.2) is 33.6 Å². The minimum atomic E-state index is 0.00514. The van der Waals surface area contributed by atoms with Gasteiger partial charge in [-0.25, -0.2) is 9.97 Å². The molecular formula is C17H19Cl2N3OS. The van der Waals surface area contributed by atoms with Crippen molar-refractivity contribution in [1.82, 2.24) is 14.9 Å². The number of amides is 1. The zero-order valence-corrected chi connectivity index (χ0v) is 16.4. The summed E-state index contributed by atoms with van der Waals surface area (Å²) in [6, 6.07) is 5.37. The number of hydrogen-bond donors (Lipinski definition) is 0. The molecule has 0 bridgehead atoms. The van der Waals surface area contributed by atoms with Gasteiger partial charge in [-0.15, -0.1) is 0 Å². The molecule has 2 rings (SSSR count). The Labute approximate surface area is 156 Å². The van der Waals surface area contributed by atoms with Crippen LogP contribution in [0.3, 0.4) is 0 Å². The molecular weight excluding hydrogens is 365 g/mol. The number of nitrogens with zero attached hydrogens (tertiary/aromatic N) is 3. The quantitative estimate of drug-likeness (QED) is 0.564. The Balaban J connectivity index is 1.95. The van der Waals surface area contributed by atoms with Gasteiger partial charge in [-0.1, -0.05) is 41.0 Å². The molecule has 0 radical (unpaired) electrons. The predicted molar refractivity (Wildman–Crippen MR) is 99.9 cm³/mol. The van der Waals surface area contributed by atoms with Crippen molar-refractivity contribution in [3.05, 3.63) is 50.8 Å². The van der Waals surface area contributed by atoms with E-state index >= 15 is 0 Å². The van der Waals surface area contributed by atoms with E-state index in [2.05, 4.69) is 9.97 Å². The van der Waals surface area contributed by atoms with Crippen LogP contribution in [0.1, 0.15) is 22.5 Å². The number of benzene rings is 1. The topological polar surface area (TPSA) is 46.1 Å². The van der Waals surface area contributed by atoms with E-state index in [0.717, 1.165) is 22.5 Å². The molecule has 0 aliphatic carbocycles. The second-order valence-corrected chi connectivity index (χ2v) is 7.35. The lowest BCUT2D eigenvalue weighted by molar-refractivity contribution is -0.127. The minimum Gasteiger partial charge on any atom is -0.341 e. The van der Waals surface area contributed by atoms with E-state index in [9.17, 15) is 4.79 Å². The molecule has 0 atom stereocenters. The lowest BCUT2D eigenvalue weighted by atomic mass is 10.2. The van der Waals surface area contributed by atoms with E-state index < -0.39 is 0 Å². The van der Waals surface area contributed by atoms with Gasteiger partial charge in [0.15, 0.2) is 5.16 Å². The van der Waals surface area contributed by atoms with Crippen molar-refractivity contribution in [2.24, 2.45) is 0 Å². The first-order valence-electron chi connectivity index (χ1n) is 7.40. The van der Waals surface area contributed by atoms with Crippen LogP contribution in [0, 0.1) is 20.8 Å². The standard InChI is InChI=1S/C17H19Cl2N3OS/c1-10-11(2)20-17(21-12(10)3)24-9-16(23)22(4)8-13-5-6-14(18)15(19)7-13/h5-7H,8-9H2,1-4H3. The average Bonchev–Trinajstić information content (AvgIpc) is 2.53. The van der Waals surface area contributed by atoms with Gasteiger partial charge in [-0.05, 0) is 44.0 Å². The number of carbonyl (C=O) groups excluding carboxylic acids is 1. The van der Waals surface area contributed by atoms with Gasteiger partial charge < -0.3 is 4.90 Å². The van der Waals surface area contributed by atoms with Crippen LogP contribution in [0.2, 0.25) is 10.0 Å². The second kappa shape index (κ2) is 8.19. The molecule has 4 nitrogen and oxygen atoms in total. The first-order chi connectivity index (χ1) is 11.3. The number of aryl methyl sites for hydroxylation is 2. The van der Waals surface area contributed by atoms with E-state index in [1.807, 2.05) is 26.8 Å². The Hall–Kier alpha value is -1.30. The van der Waals surface area contributed by atoms with E-state index in [4.69, 9.17) is 23.2 Å². The van der Waals surface area contributed by atoms with Gasteiger partial charge in [0.2, 0.25) is 5.91 Å². The van der Waals surface area contributed by atoms with Crippen molar-refractivity contribution < 1.29 is 4.79 Å². The first kappa shape index (κ1) is 19.0. The van der Waals surface area contributed by atoms with Gasteiger partial charge in [-0.2, -0.15) is 0 Å². The Kier molecular flexibility index (Phi) is 6.49. The maximum Gasteiger partial charge on any atom is 0.233 e. The van der Waals surface area contributed by atoms with E-state index in [1.54, 1.807) is 24.1 Å². The molecule has 24 heavy (non-hydrogen) atoms. The molecule has 7 heteroatoms. The third kappa shape index (κ3) is 4.85. The molecule has 1 heterocycles. The molecule has 0 spiro atoms. The molecule has 0 aliphatic heterocycles. The summed E-state index contributed by atoms with van der Waals surface area (Å²) in [5.41, 5.74) is 3.91. The van der Waals surface area contributed by atoms with Crippen LogP contribution in [-0.2, 0) is 11.3 Å². The van der Waals surface area contributed by atoms with Crippen molar-refractivity contribution in [1.29, 1.82) is 0 Å². The molecule has 1 aromatic heterocycles. The zero-order valence-electron chi connectivity index (χ0n) is 14.1. The highest BCUT2D eigenvalue weighted by molar-refractivity contribution is 7.99. The van der Waals surface area contributed by atoms with E-state index in [0.29, 0.717) is 27.5 Å². The lowest BCUT2D eigenvalue weighted by Crippen LogP contribution is -2.27. The van der Waals surface area contributed by atoms with Gasteiger partial charge in [0.25, 0.3) is 0 Å². The lowest BCUT2D eigenvalue weighted by Gasteiger charge is -2.17. The Morgan fingerprint density at radius 3 is 2.33 bits per heavy atom. The molecule has 1 aromatic carbocycles. The maximum absolute atomic E-state index is 12.3. The summed E-state index contributed by atoms with van der Waals surface area (Å²) in [5.74, 6) is 0.297. The Morgan fingerprint density at radius 1 is 1.12 bits per heavy atom. The predicted octanol–water partition coefficient (Wildman–Crippen LogP) is 4.46. The number of rotatable bonds is 5. The second-order valence-electron chi connectivity index (χ2n) is 5.59. The summed E-state index contributed by atoms with van der Waals surface area (Å²) >= 11 is 13.3. The molecule has 128 valence electrons. The number of thioether (sulfide) groups is 1. The van der Waals surface area contributed by atoms with Crippen molar-refractivity contribution in [2.75, 3.05) is 12.8 Å². The Bertz CT molecular complexity index is 744. The van der Waals surface area contributed by atoms with Crippen LogP contribution < -0.4 is 0 Å². The summed E-state index contributed by atoms with van der Waals surface area (Å²) in [5, 5.41) is 1.63. The van der Waals surface area contributed by atoms with Crippen LogP contribution in [0.5, 0.6) is 0 Å². The maximum atomic E-state index is 12.3. The fourth-order valence-corrected chi connectivity index (χ4v) is 3.24. The van der Waals surface area contributed by atoms with Gasteiger partial charge in [0, 0.05) is 25.0 Å². The average molecular weight is 384 g/mol. The summed E-state index contributed by atoms with van der Waals surface area (Å²) in [4.78, 5) is 22.8. The molecule has 0 saturated carbocycles. The minimum absolute atomic E-state index is 0.00514. The highest BCUT2D eigenvalue weighted by atomic mass is 35.5. The number of aromatic nitrogens is 2. The van der Waals surface area contributed by atoms with Crippen molar-refractivity contribution in [2.45, 2.75) is 32.5 Å². The Morgan fingerprint density at radius 2 is 1.75 bits per heavy atom. The molecule has 0 fully saturated rings. The fourth-order valence-electron chi connectivity index (χ4n) is 2.04. The summed E-state index contributed by atoms with van der Waals surface area (Å²) < 4.78 is 0. The highest BCUT2D eigenvalue weighted by Crippen LogP contribution is 2.23. The van der Waals surface area contributed by atoms with E-state index in [1.165, 1.54) is 11.8 Å². The fraction of sp³-hybridized carbons (Fsp3) is 0.353. The largest absolute Gasteiger partial charge is 0.341 e. The van der Waals surface area contributed by atoms with Gasteiger partial charge in [0.1, 0.15) is 0 Å². The zero-order chi connectivity index (χ0) is 17.9. The number of carbonyl (C=O) groups is 1. The van der Waals surface area contributed by atoms with Crippen molar-refractivity contribution in [3.8, 4) is 0 Å².